The van der Waals surface area contributed by atoms with Crippen LogP contribution in [0.4, 0.5) is 0 Å². The van der Waals surface area contributed by atoms with Gasteiger partial charge in [-0.05, 0) is 18.2 Å². The van der Waals surface area contributed by atoms with E-state index in [9.17, 15) is 10.2 Å². The number of aromatic hydroxyl groups is 1. The highest BCUT2D eigenvalue weighted by Crippen LogP contribution is 2.40. The minimum absolute atomic E-state index is 0.0819. The molecule has 1 aromatic carbocycles. The number of hydrogen-bond donors (Lipinski definition) is 2. The van der Waals surface area contributed by atoms with Crippen LogP contribution in [0, 0.1) is 0 Å². The van der Waals surface area contributed by atoms with Crippen LogP contribution >= 0.6 is 23.2 Å². The number of allylic oxidation sites excluding steroid dienone is 3. The monoisotopic (exact) mass is 256 g/mol. The van der Waals surface area contributed by atoms with E-state index in [1.54, 1.807) is 36.4 Å². The zero-order chi connectivity index (χ0) is 11.8. The molecule has 0 bridgehead atoms. The largest absolute Gasteiger partial charge is 0.508 e. The van der Waals surface area contributed by atoms with Crippen molar-refractivity contribution in [1.29, 1.82) is 0 Å². The molecule has 1 aliphatic rings. The van der Waals surface area contributed by atoms with E-state index >= 15 is 0 Å². The molecule has 4 heteroatoms. The number of rotatable bonds is 1. The molecule has 16 heavy (non-hydrogen) atoms. The molecule has 2 rings (SSSR count). The van der Waals surface area contributed by atoms with E-state index < -0.39 is 4.33 Å². The van der Waals surface area contributed by atoms with Crippen molar-refractivity contribution in [3.05, 3.63) is 47.7 Å². The van der Waals surface area contributed by atoms with Gasteiger partial charge >= 0.3 is 0 Å². The Kier molecular flexibility index (Phi) is 2.87. The summed E-state index contributed by atoms with van der Waals surface area (Å²) in [4.78, 5) is 0. The Morgan fingerprint density at radius 3 is 2.50 bits per heavy atom. The fourth-order valence-electron chi connectivity index (χ4n) is 1.60. The van der Waals surface area contributed by atoms with Crippen molar-refractivity contribution >= 4 is 28.8 Å². The zero-order valence-electron chi connectivity index (χ0n) is 8.32. The topological polar surface area (TPSA) is 40.5 Å². The lowest BCUT2D eigenvalue weighted by Crippen LogP contribution is -2.13. The maximum Gasteiger partial charge on any atom is 0.140 e. The summed E-state index contributed by atoms with van der Waals surface area (Å²) in [5.74, 6) is 0.165. The summed E-state index contributed by atoms with van der Waals surface area (Å²) in [7, 11) is 0. The molecule has 0 aliphatic heterocycles. The number of alkyl halides is 2. The standard InChI is InChI=1S/C12H10Cl2O2/c13-12(14)6-5-11(16)9(7-12)8-3-1-2-4-10(8)15/h1-5,7,15-16H,6H2. The highest BCUT2D eigenvalue weighted by atomic mass is 35.5. The average Bonchev–Trinajstić information content (AvgIpc) is 2.23. The van der Waals surface area contributed by atoms with Crippen LogP contribution in [-0.2, 0) is 0 Å². The summed E-state index contributed by atoms with van der Waals surface area (Å²) in [6, 6.07) is 6.71. The first-order chi connectivity index (χ1) is 7.49. The third-order valence-corrected chi connectivity index (χ3v) is 2.92. The third kappa shape index (κ3) is 2.18. The van der Waals surface area contributed by atoms with Gasteiger partial charge < -0.3 is 10.2 Å². The van der Waals surface area contributed by atoms with E-state index in [0.29, 0.717) is 17.6 Å². The van der Waals surface area contributed by atoms with Crippen LogP contribution in [0.5, 0.6) is 5.75 Å². The van der Waals surface area contributed by atoms with E-state index in [1.807, 2.05) is 0 Å². The number of hydrogen-bond acceptors (Lipinski definition) is 2. The van der Waals surface area contributed by atoms with Crippen molar-refractivity contribution < 1.29 is 10.2 Å². The van der Waals surface area contributed by atoms with E-state index in [4.69, 9.17) is 23.2 Å². The van der Waals surface area contributed by atoms with Crippen molar-refractivity contribution in [1.82, 2.24) is 0 Å². The van der Waals surface area contributed by atoms with Crippen molar-refractivity contribution in [3.8, 4) is 5.75 Å². The quantitative estimate of drug-likeness (QED) is 0.751. The Morgan fingerprint density at radius 2 is 1.81 bits per heavy atom. The maximum atomic E-state index is 9.74. The first-order valence-corrected chi connectivity index (χ1v) is 5.54. The van der Waals surface area contributed by atoms with Crippen LogP contribution in [0.2, 0.25) is 0 Å². The van der Waals surface area contributed by atoms with Gasteiger partial charge in [0.05, 0.1) is 0 Å². The molecule has 2 N–H and O–H groups in total. The SMILES string of the molecule is OC1=CCC(Cl)(Cl)C=C1c1ccccc1O. The van der Waals surface area contributed by atoms with Crippen molar-refractivity contribution in [2.75, 3.05) is 0 Å². The molecule has 84 valence electrons. The number of aliphatic hydroxyl groups excluding tert-OH is 1. The Labute approximate surface area is 103 Å². The van der Waals surface area contributed by atoms with E-state index in [1.165, 1.54) is 0 Å². The summed E-state index contributed by atoms with van der Waals surface area (Å²) in [5.41, 5.74) is 0.968. The third-order valence-electron chi connectivity index (χ3n) is 2.39. The van der Waals surface area contributed by atoms with Crippen molar-refractivity contribution in [2.45, 2.75) is 10.8 Å². The average molecular weight is 257 g/mol. The number of para-hydroxylation sites is 1. The van der Waals surface area contributed by atoms with Crippen LogP contribution in [0.1, 0.15) is 12.0 Å². The normalized spacial score (nSPS) is 18.9. The van der Waals surface area contributed by atoms with Gasteiger partial charge in [-0.3, -0.25) is 0 Å². The molecule has 0 heterocycles. The van der Waals surface area contributed by atoms with Gasteiger partial charge in [0.25, 0.3) is 0 Å². The number of aliphatic hydroxyl groups is 1. The number of benzene rings is 1. The molecule has 0 unspecified atom stereocenters. The molecule has 0 aromatic heterocycles. The van der Waals surface area contributed by atoms with Crippen LogP contribution in [0.25, 0.3) is 5.57 Å². The molecule has 0 atom stereocenters. The summed E-state index contributed by atoms with van der Waals surface area (Å²) in [5, 5.41) is 19.4. The van der Waals surface area contributed by atoms with Crippen molar-refractivity contribution in [3.63, 3.8) is 0 Å². The van der Waals surface area contributed by atoms with E-state index in [-0.39, 0.29) is 11.5 Å². The molecule has 0 radical (unpaired) electrons. The second-order valence-electron chi connectivity index (χ2n) is 3.63. The summed E-state index contributed by atoms with van der Waals surface area (Å²) < 4.78 is -1.04. The van der Waals surface area contributed by atoms with Gasteiger partial charge in [-0.1, -0.05) is 41.4 Å². The molecule has 0 amide bonds. The van der Waals surface area contributed by atoms with Gasteiger partial charge in [0.2, 0.25) is 0 Å². The first-order valence-electron chi connectivity index (χ1n) is 4.78. The van der Waals surface area contributed by atoms with Gasteiger partial charge in [0, 0.05) is 17.6 Å². The molecule has 0 fully saturated rings. The Bertz CT molecular complexity index is 476. The minimum atomic E-state index is -1.04. The lowest BCUT2D eigenvalue weighted by Gasteiger charge is -2.21. The predicted octanol–water partition coefficient (Wildman–Crippen LogP) is 3.80. The lowest BCUT2D eigenvalue weighted by molar-refractivity contribution is 0.429. The van der Waals surface area contributed by atoms with Crippen LogP contribution in [-0.4, -0.2) is 14.5 Å². The number of phenolic OH excluding ortho intramolecular Hbond substituents is 1. The number of phenols is 1. The van der Waals surface area contributed by atoms with Crippen LogP contribution < -0.4 is 0 Å². The van der Waals surface area contributed by atoms with Crippen LogP contribution in [0.15, 0.2) is 42.2 Å². The molecule has 0 saturated carbocycles. The molecule has 1 aromatic rings. The summed E-state index contributed by atoms with van der Waals surface area (Å²) >= 11 is 12.0. The zero-order valence-corrected chi connectivity index (χ0v) is 9.83. The van der Waals surface area contributed by atoms with E-state index in [2.05, 4.69) is 0 Å². The predicted molar refractivity (Wildman–Crippen MR) is 65.8 cm³/mol. The van der Waals surface area contributed by atoms with Gasteiger partial charge in [-0.15, -0.1) is 0 Å². The smallest absolute Gasteiger partial charge is 0.140 e. The Morgan fingerprint density at radius 1 is 1.12 bits per heavy atom. The Hall–Kier alpha value is -1.12. The molecule has 2 nitrogen and oxygen atoms in total. The highest BCUT2D eigenvalue weighted by Gasteiger charge is 2.27. The number of halogens is 2. The van der Waals surface area contributed by atoms with Gasteiger partial charge in [-0.2, -0.15) is 0 Å². The molecular weight excluding hydrogens is 247 g/mol. The molecule has 0 spiro atoms. The minimum Gasteiger partial charge on any atom is -0.508 e. The molecular formula is C12H10Cl2O2. The van der Waals surface area contributed by atoms with Gasteiger partial charge in [0.1, 0.15) is 15.8 Å². The second-order valence-corrected chi connectivity index (χ2v) is 5.17. The fourth-order valence-corrected chi connectivity index (χ4v) is 1.98. The summed E-state index contributed by atoms with van der Waals surface area (Å²) in [6.45, 7) is 0. The maximum absolute atomic E-state index is 9.74. The molecule has 0 saturated heterocycles. The van der Waals surface area contributed by atoms with Gasteiger partial charge in [-0.25, -0.2) is 0 Å². The van der Waals surface area contributed by atoms with Crippen molar-refractivity contribution in [2.24, 2.45) is 0 Å². The lowest BCUT2D eigenvalue weighted by atomic mass is 9.96. The Balaban J connectivity index is 2.51. The van der Waals surface area contributed by atoms with Crippen LogP contribution in [0.3, 0.4) is 0 Å². The second kappa shape index (κ2) is 4.04. The fraction of sp³-hybridized carbons (Fsp3) is 0.167. The van der Waals surface area contributed by atoms with Gasteiger partial charge in [0.15, 0.2) is 0 Å². The van der Waals surface area contributed by atoms with E-state index in [0.717, 1.165) is 0 Å². The first kappa shape index (κ1) is 11.4. The molecule has 1 aliphatic carbocycles. The highest BCUT2D eigenvalue weighted by molar-refractivity contribution is 6.50. The summed E-state index contributed by atoms with van der Waals surface area (Å²) in [6.07, 6.45) is 3.43.